The van der Waals surface area contributed by atoms with Crippen molar-refractivity contribution in [3.8, 4) is 0 Å². The normalized spacial score (nSPS) is 13.0. The van der Waals surface area contributed by atoms with Gasteiger partial charge in [0.2, 0.25) is 0 Å². The van der Waals surface area contributed by atoms with Crippen molar-refractivity contribution in [3.63, 3.8) is 0 Å². The Hall–Kier alpha value is -0.950. The van der Waals surface area contributed by atoms with Crippen LogP contribution in [0, 0.1) is 0 Å². The van der Waals surface area contributed by atoms with Crippen LogP contribution in [0.4, 0.5) is 0 Å². The minimum Gasteiger partial charge on any atom is -0.308 e. The molecule has 0 radical (unpaired) electrons. The summed E-state index contributed by atoms with van der Waals surface area (Å²) in [6, 6.07) is 2.44. The molecule has 5 nitrogen and oxygen atoms in total. The van der Waals surface area contributed by atoms with E-state index >= 15 is 0 Å². The Balaban J connectivity index is 2.76. The van der Waals surface area contributed by atoms with Gasteiger partial charge in [-0.2, -0.15) is 0 Å². The van der Waals surface area contributed by atoms with Crippen molar-refractivity contribution in [1.82, 2.24) is 15.2 Å². The van der Waals surface area contributed by atoms with E-state index in [1.54, 1.807) is 0 Å². The molecule has 108 valence electrons. The Morgan fingerprint density at radius 1 is 1.53 bits per heavy atom. The average Bonchev–Trinajstić information content (AvgIpc) is 2.82. The van der Waals surface area contributed by atoms with Crippen LogP contribution in [0.2, 0.25) is 0 Å². The number of hydrogen-bond acceptors (Lipinski definition) is 5. The van der Waals surface area contributed by atoms with Gasteiger partial charge in [0.25, 0.3) is 5.91 Å². The third-order valence-electron chi connectivity index (χ3n) is 3.12. The van der Waals surface area contributed by atoms with Crippen LogP contribution in [0.3, 0.4) is 0 Å². The highest BCUT2D eigenvalue weighted by atomic mass is 32.1. The number of hydrogen-bond donors (Lipinski definition) is 2. The predicted octanol–water partition coefficient (Wildman–Crippen LogP) is 1.12. The van der Waals surface area contributed by atoms with Gasteiger partial charge in [0.1, 0.15) is 0 Å². The number of nitrogens with one attached hydrogen (secondary N) is 1. The highest BCUT2D eigenvalue weighted by Crippen LogP contribution is 2.19. The van der Waals surface area contributed by atoms with Crippen LogP contribution in [0.25, 0.3) is 0 Å². The molecule has 19 heavy (non-hydrogen) atoms. The zero-order valence-corrected chi connectivity index (χ0v) is 13.0. The Kier molecular flexibility index (Phi) is 6.44. The molecule has 0 saturated carbocycles. The zero-order valence-electron chi connectivity index (χ0n) is 12.1. The van der Waals surface area contributed by atoms with Crippen LogP contribution in [-0.4, -0.2) is 48.9 Å². The maximum absolute atomic E-state index is 11.7. The lowest BCUT2D eigenvalue weighted by atomic mass is 10.2. The van der Waals surface area contributed by atoms with Crippen LogP contribution in [-0.2, 0) is 6.54 Å². The maximum Gasteiger partial charge on any atom is 0.275 e. The molecular formula is C13H24N4OS. The first kappa shape index (κ1) is 16.1. The Morgan fingerprint density at radius 3 is 2.74 bits per heavy atom. The zero-order chi connectivity index (χ0) is 14.4. The van der Waals surface area contributed by atoms with Gasteiger partial charge >= 0.3 is 0 Å². The minimum atomic E-state index is -0.207. The Morgan fingerprint density at radius 2 is 2.21 bits per heavy atom. The molecular weight excluding hydrogens is 260 g/mol. The first-order valence-corrected chi connectivity index (χ1v) is 7.33. The highest BCUT2D eigenvalue weighted by Gasteiger charge is 2.18. The summed E-state index contributed by atoms with van der Waals surface area (Å²) >= 11 is 1.43. The van der Waals surface area contributed by atoms with Gasteiger partial charge in [-0.25, -0.2) is 5.84 Å². The summed E-state index contributed by atoms with van der Waals surface area (Å²) in [7, 11) is 4.14. The Bertz CT molecular complexity index is 405. The van der Waals surface area contributed by atoms with Gasteiger partial charge in [0, 0.05) is 19.1 Å². The van der Waals surface area contributed by atoms with Crippen molar-refractivity contribution < 1.29 is 4.79 Å². The van der Waals surface area contributed by atoms with Crippen LogP contribution < -0.4 is 11.3 Å². The monoisotopic (exact) mass is 284 g/mol. The summed E-state index contributed by atoms with van der Waals surface area (Å²) in [5, 5.41) is 1.93. The third kappa shape index (κ3) is 4.58. The van der Waals surface area contributed by atoms with Crippen molar-refractivity contribution in [3.05, 3.63) is 21.9 Å². The molecule has 1 aromatic heterocycles. The van der Waals surface area contributed by atoms with Gasteiger partial charge in [0.05, 0.1) is 4.88 Å². The summed E-state index contributed by atoms with van der Waals surface area (Å²) in [6.45, 7) is 7.07. The first-order chi connectivity index (χ1) is 8.99. The van der Waals surface area contributed by atoms with Crippen LogP contribution >= 0.6 is 11.3 Å². The number of hydrazine groups is 1. The molecule has 0 aliphatic heterocycles. The Labute approximate surface area is 119 Å². The van der Waals surface area contributed by atoms with Gasteiger partial charge in [0.15, 0.2) is 0 Å². The van der Waals surface area contributed by atoms with E-state index in [0.29, 0.717) is 10.9 Å². The fourth-order valence-electron chi connectivity index (χ4n) is 2.17. The molecule has 1 heterocycles. The first-order valence-electron chi connectivity index (χ1n) is 6.45. The van der Waals surface area contributed by atoms with Gasteiger partial charge in [-0.15, -0.1) is 11.3 Å². The second-order valence-electron chi connectivity index (χ2n) is 4.92. The van der Waals surface area contributed by atoms with Crippen molar-refractivity contribution in [2.75, 3.05) is 27.2 Å². The number of carbonyl (C=O) groups excluding carboxylic acids is 1. The van der Waals surface area contributed by atoms with E-state index in [2.05, 4.69) is 43.2 Å². The predicted molar refractivity (Wildman–Crippen MR) is 80.1 cm³/mol. The molecule has 0 aliphatic rings. The second kappa shape index (κ2) is 7.59. The number of nitrogens with two attached hydrogens (primary N) is 1. The van der Waals surface area contributed by atoms with Gasteiger partial charge in [-0.05, 0) is 44.6 Å². The second-order valence-corrected chi connectivity index (χ2v) is 5.84. The van der Waals surface area contributed by atoms with Gasteiger partial charge in [-0.3, -0.25) is 15.1 Å². The van der Waals surface area contributed by atoms with E-state index in [1.165, 1.54) is 11.3 Å². The van der Waals surface area contributed by atoms with Crippen LogP contribution in [0.15, 0.2) is 11.4 Å². The fraction of sp³-hybridized carbons (Fsp3) is 0.615. The van der Waals surface area contributed by atoms with Gasteiger partial charge in [-0.1, -0.05) is 6.92 Å². The smallest absolute Gasteiger partial charge is 0.275 e. The van der Waals surface area contributed by atoms with Crippen molar-refractivity contribution in [2.24, 2.45) is 5.84 Å². The quantitative estimate of drug-likeness (QED) is 0.447. The summed E-state index contributed by atoms with van der Waals surface area (Å²) in [5.41, 5.74) is 3.25. The lowest BCUT2D eigenvalue weighted by molar-refractivity contribution is 0.0954. The molecule has 0 spiro atoms. The van der Waals surface area contributed by atoms with E-state index in [1.807, 2.05) is 11.4 Å². The number of amides is 1. The van der Waals surface area contributed by atoms with Crippen LogP contribution in [0.5, 0.6) is 0 Å². The number of thiophene rings is 1. The topological polar surface area (TPSA) is 61.6 Å². The van der Waals surface area contributed by atoms with Crippen LogP contribution in [0.1, 0.15) is 29.1 Å². The molecule has 1 amide bonds. The standard InChI is InChI=1S/C13H24N4OS/c1-5-17(10(2)8-16(3)4)9-11-6-7-19-12(11)13(18)15-14/h6-7,10H,5,8-9,14H2,1-4H3,(H,15,18). The third-order valence-corrected chi connectivity index (χ3v) is 4.07. The molecule has 0 fully saturated rings. The lowest BCUT2D eigenvalue weighted by Gasteiger charge is -2.30. The summed E-state index contributed by atoms with van der Waals surface area (Å²) in [4.78, 5) is 16.9. The molecule has 0 saturated heterocycles. The molecule has 0 aromatic carbocycles. The van der Waals surface area contributed by atoms with E-state index in [4.69, 9.17) is 5.84 Å². The molecule has 0 aliphatic carbocycles. The highest BCUT2D eigenvalue weighted by molar-refractivity contribution is 7.12. The molecule has 3 N–H and O–H groups in total. The largest absolute Gasteiger partial charge is 0.308 e. The SMILES string of the molecule is CCN(Cc1ccsc1C(=O)NN)C(C)CN(C)C. The molecule has 6 heteroatoms. The molecule has 0 bridgehead atoms. The van der Waals surface area contributed by atoms with E-state index in [0.717, 1.165) is 25.2 Å². The van der Waals surface area contributed by atoms with Crippen molar-refractivity contribution in [2.45, 2.75) is 26.4 Å². The number of rotatable bonds is 7. The van der Waals surface area contributed by atoms with Crippen molar-refractivity contribution in [1.29, 1.82) is 0 Å². The summed E-state index contributed by atoms with van der Waals surface area (Å²) in [5.74, 6) is 5.00. The number of carbonyl (C=O) groups is 1. The van der Waals surface area contributed by atoms with Crippen molar-refractivity contribution >= 4 is 17.2 Å². The molecule has 1 aromatic rings. The molecule has 1 unspecified atom stereocenters. The summed E-state index contributed by atoms with van der Waals surface area (Å²) in [6.07, 6.45) is 0. The number of nitrogen functional groups attached to an aromatic ring is 1. The number of likely N-dealkylation sites (N-methyl/N-ethyl adjacent to an activating group) is 2. The fourth-order valence-corrected chi connectivity index (χ4v) is 2.99. The maximum atomic E-state index is 11.7. The van der Waals surface area contributed by atoms with E-state index in [-0.39, 0.29) is 5.91 Å². The lowest BCUT2D eigenvalue weighted by Crippen LogP contribution is -2.40. The van der Waals surface area contributed by atoms with E-state index < -0.39 is 0 Å². The summed E-state index contributed by atoms with van der Waals surface area (Å²) < 4.78 is 0. The average molecular weight is 284 g/mol. The van der Waals surface area contributed by atoms with E-state index in [9.17, 15) is 4.79 Å². The molecule has 1 rings (SSSR count). The number of nitrogens with zero attached hydrogens (tertiary/aromatic N) is 2. The minimum absolute atomic E-state index is 0.207. The molecule has 1 atom stereocenters. The van der Waals surface area contributed by atoms with Gasteiger partial charge < -0.3 is 4.90 Å².